The van der Waals surface area contributed by atoms with Crippen LogP contribution in [0.2, 0.25) is 0 Å². The first-order chi connectivity index (χ1) is 12.1. The number of aromatic nitrogens is 2. The number of imidazole rings is 1. The van der Waals surface area contributed by atoms with Gasteiger partial charge < -0.3 is 25.2 Å². The first-order valence-electron chi connectivity index (χ1n) is 8.38. The molecule has 134 valence electrons. The molecule has 0 radical (unpaired) electrons. The zero-order valence-electron chi connectivity index (χ0n) is 14.5. The van der Waals surface area contributed by atoms with Gasteiger partial charge in [-0.05, 0) is 25.1 Å². The number of likely N-dealkylation sites (N-methyl/N-ethyl adjacent to an activating group) is 1. The van der Waals surface area contributed by atoms with E-state index in [0.29, 0.717) is 37.3 Å². The lowest BCUT2D eigenvalue weighted by Gasteiger charge is -2.35. The van der Waals surface area contributed by atoms with Crippen molar-refractivity contribution in [3.63, 3.8) is 0 Å². The number of amides is 2. The van der Waals surface area contributed by atoms with Crippen molar-refractivity contribution in [1.82, 2.24) is 25.1 Å². The second-order valence-electron chi connectivity index (χ2n) is 6.07. The standard InChI is InChI=1S/C17H23N5O3/c1-11-20-13-9-12(3-4-14(13)21(11)7-8-23)17(25)22-6-5-19-10-15(22)16(24)18-2/h3-4,9,15,19,23H,5-8,10H2,1-2H3,(H,18,24). The van der Waals surface area contributed by atoms with Crippen LogP contribution in [0.1, 0.15) is 16.2 Å². The molecule has 1 aliphatic heterocycles. The van der Waals surface area contributed by atoms with Gasteiger partial charge in [-0.25, -0.2) is 4.98 Å². The van der Waals surface area contributed by atoms with E-state index >= 15 is 0 Å². The van der Waals surface area contributed by atoms with Crippen molar-refractivity contribution in [3.05, 3.63) is 29.6 Å². The third-order valence-electron chi connectivity index (χ3n) is 4.56. The highest BCUT2D eigenvalue weighted by Crippen LogP contribution is 2.20. The summed E-state index contributed by atoms with van der Waals surface area (Å²) in [5.74, 6) is 0.440. The normalized spacial score (nSPS) is 17.7. The second-order valence-corrected chi connectivity index (χ2v) is 6.07. The van der Waals surface area contributed by atoms with Crippen molar-refractivity contribution < 1.29 is 14.7 Å². The van der Waals surface area contributed by atoms with Gasteiger partial charge in [0, 0.05) is 38.8 Å². The highest BCUT2D eigenvalue weighted by atomic mass is 16.3. The monoisotopic (exact) mass is 345 g/mol. The lowest BCUT2D eigenvalue weighted by molar-refractivity contribution is -0.125. The fraction of sp³-hybridized carbons (Fsp3) is 0.471. The molecule has 2 amide bonds. The van der Waals surface area contributed by atoms with Gasteiger partial charge in [0.15, 0.2) is 0 Å². The maximum absolute atomic E-state index is 12.9. The minimum atomic E-state index is -0.518. The van der Waals surface area contributed by atoms with Crippen LogP contribution >= 0.6 is 0 Å². The van der Waals surface area contributed by atoms with Crippen LogP contribution < -0.4 is 10.6 Å². The summed E-state index contributed by atoms with van der Waals surface area (Å²) < 4.78 is 1.92. The van der Waals surface area contributed by atoms with E-state index in [1.165, 1.54) is 0 Å². The molecule has 1 unspecified atom stereocenters. The molecule has 1 aromatic carbocycles. The van der Waals surface area contributed by atoms with Gasteiger partial charge in [-0.1, -0.05) is 0 Å². The molecule has 2 heterocycles. The number of rotatable bonds is 4. The molecule has 0 aliphatic carbocycles. The molecule has 2 aromatic rings. The van der Waals surface area contributed by atoms with E-state index in [1.54, 1.807) is 24.1 Å². The van der Waals surface area contributed by atoms with E-state index in [9.17, 15) is 14.7 Å². The maximum atomic E-state index is 12.9. The number of carbonyl (C=O) groups excluding carboxylic acids is 2. The Morgan fingerprint density at radius 3 is 2.96 bits per heavy atom. The van der Waals surface area contributed by atoms with Crippen LogP contribution in [0.5, 0.6) is 0 Å². The van der Waals surface area contributed by atoms with E-state index in [0.717, 1.165) is 11.3 Å². The molecule has 25 heavy (non-hydrogen) atoms. The van der Waals surface area contributed by atoms with Crippen LogP contribution in [0.15, 0.2) is 18.2 Å². The Bertz CT molecular complexity index is 801. The summed E-state index contributed by atoms with van der Waals surface area (Å²) in [6.45, 7) is 3.94. The second kappa shape index (κ2) is 7.20. The summed E-state index contributed by atoms with van der Waals surface area (Å²) in [7, 11) is 1.57. The molecule has 8 heteroatoms. The van der Waals surface area contributed by atoms with Gasteiger partial charge in [0.25, 0.3) is 5.91 Å². The van der Waals surface area contributed by atoms with Gasteiger partial charge in [0.1, 0.15) is 11.9 Å². The molecule has 3 rings (SSSR count). The molecule has 1 aliphatic rings. The summed E-state index contributed by atoms with van der Waals surface area (Å²) in [6.07, 6.45) is 0. The average molecular weight is 345 g/mol. The number of aryl methyl sites for hydroxylation is 1. The number of nitrogens with one attached hydrogen (secondary N) is 2. The molecule has 8 nitrogen and oxygen atoms in total. The molecule has 1 fully saturated rings. The van der Waals surface area contributed by atoms with Crippen LogP contribution in [0.4, 0.5) is 0 Å². The molecule has 0 bridgehead atoms. The average Bonchev–Trinajstić information content (AvgIpc) is 2.95. The molecular formula is C17H23N5O3. The van der Waals surface area contributed by atoms with Crippen molar-refractivity contribution in [1.29, 1.82) is 0 Å². The van der Waals surface area contributed by atoms with Gasteiger partial charge in [0.2, 0.25) is 5.91 Å². The number of piperazine rings is 1. The third-order valence-corrected chi connectivity index (χ3v) is 4.56. The Balaban J connectivity index is 1.92. The van der Waals surface area contributed by atoms with E-state index in [4.69, 9.17) is 0 Å². The smallest absolute Gasteiger partial charge is 0.254 e. The van der Waals surface area contributed by atoms with E-state index in [2.05, 4.69) is 15.6 Å². The van der Waals surface area contributed by atoms with E-state index in [1.807, 2.05) is 17.6 Å². The molecule has 1 atom stereocenters. The van der Waals surface area contributed by atoms with Gasteiger partial charge in [-0.15, -0.1) is 0 Å². The SMILES string of the molecule is CNC(=O)C1CNCCN1C(=O)c1ccc2c(c1)nc(C)n2CCO. The summed E-state index contributed by atoms with van der Waals surface area (Å²) in [5.41, 5.74) is 2.10. The number of nitrogens with zero attached hydrogens (tertiary/aromatic N) is 3. The zero-order valence-corrected chi connectivity index (χ0v) is 14.5. The zero-order chi connectivity index (χ0) is 18.0. The van der Waals surface area contributed by atoms with Crippen molar-refractivity contribution in [2.45, 2.75) is 19.5 Å². The predicted octanol–water partition coefficient (Wildman–Crippen LogP) is -0.503. The topological polar surface area (TPSA) is 99.5 Å². The Morgan fingerprint density at radius 2 is 2.24 bits per heavy atom. The number of carbonyl (C=O) groups is 2. The largest absolute Gasteiger partial charge is 0.395 e. The Morgan fingerprint density at radius 1 is 1.44 bits per heavy atom. The van der Waals surface area contributed by atoms with Crippen molar-refractivity contribution in [2.24, 2.45) is 0 Å². The van der Waals surface area contributed by atoms with Crippen LogP contribution in [0, 0.1) is 6.92 Å². The fourth-order valence-electron chi connectivity index (χ4n) is 3.28. The number of hydrogen-bond acceptors (Lipinski definition) is 5. The molecular weight excluding hydrogens is 322 g/mol. The van der Waals surface area contributed by atoms with Gasteiger partial charge >= 0.3 is 0 Å². The Labute approximate surface area is 145 Å². The first kappa shape index (κ1) is 17.4. The van der Waals surface area contributed by atoms with Gasteiger partial charge in [-0.3, -0.25) is 9.59 Å². The molecule has 0 saturated carbocycles. The minimum absolute atomic E-state index is 0.0293. The van der Waals surface area contributed by atoms with Crippen LogP contribution in [0.3, 0.4) is 0 Å². The summed E-state index contributed by atoms with van der Waals surface area (Å²) in [4.78, 5) is 31.1. The quantitative estimate of drug-likeness (QED) is 0.694. The van der Waals surface area contributed by atoms with Crippen LogP contribution in [0.25, 0.3) is 11.0 Å². The maximum Gasteiger partial charge on any atom is 0.254 e. The minimum Gasteiger partial charge on any atom is -0.395 e. The predicted molar refractivity (Wildman–Crippen MR) is 93.3 cm³/mol. The van der Waals surface area contributed by atoms with Gasteiger partial charge in [-0.2, -0.15) is 0 Å². The molecule has 0 spiro atoms. The Hall–Kier alpha value is -2.45. The van der Waals surface area contributed by atoms with Gasteiger partial charge in [0.05, 0.1) is 17.6 Å². The van der Waals surface area contributed by atoms with Crippen LogP contribution in [-0.4, -0.2) is 70.7 Å². The number of aliphatic hydroxyl groups is 1. The number of fused-ring (bicyclic) bond motifs is 1. The fourth-order valence-corrected chi connectivity index (χ4v) is 3.28. The third kappa shape index (κ3) is 3.22. The summed E-state index contributed by atoms with van der Waals surface area (Å²) >= 11 is 0. The molecule has 1 aromatic heterocycles. The van der Waals surface area contributed by atoms with E-state index < -0.39 is 6.04 Å². The number of aliphatic hydroxyl groups excluding tert-OH is 1. The van der Waals surface area contributed by atoms with E-state index in [-0.39, 0.29) is 18.4 Å². The first-order valence-corrected chi connectivity index (χ1v) is 8.38. The highest BCUT2D eigenvalue weighted by molar-refractivity contribution is 6.00. The number of benzene rings is 1. The lowest BCUT2D eigenvalue weighted by atomic mass is 10.1. The Kier molecular flexibility index (Phi) is 5.00. The summed E-state index contributed by atoms with van der Waals surface area (Å²) in [5, 5.41) is 14.9. The van der Waals surface area contributed by atoms with Crippen molar-refractivity contribution >= 4 is 22.8 Å². The highest BCUT2D eigenvalue weighted by Gasteiger charge is 2.32. The lowest BCUT2D eigenvalue weighted by Crippen LogP contribution is -2.59. The summed E-state index contributed by atoms with van der Waals surface area (Å²) in [6, 6.07) is 4.83. The van der Waals surface area contributed by atoms with Crippen molar-refractivity contribution in [3.8, 4) is 0 Å². The van der Waals surface area contributed by atoms with Crippen LogP contribution in [-0.2, 0) is 11.3 Å². The van der Waals surface area contributed by atoms with Crippen molar-refractivity contribution in [2.75, 3.05) is 33.3 Å². The molecule has 3 N–H and O–H groups in total. The number of hydrogen-bond donors (Lipinski definition) is 3. The molecule has 1 saturated heterocycles.